The first-order chi connectivity index (χ1) is 10.7. The van der Waals surface area contributed by atoms with Gasteiger partial charge in [-0.3, -0.25) is 9.69 Å². The molecule has 2 aromatic rings. The SMILES string of the molecule is C[C@H](C(=O)NCCN1CCc2ccccc2C1)n1cncn1. The topological polar surface area (TPSA) is 63.1 Å². The van der Waals surface area contributed by atoms with Gasteiger partial charge < -0.3 is 5.32 Å². The van der Waals surface area contributed by atoms with Gasteiger partial charge in [0.2, 0.25) is 5.91 Å². The van der Waals surface area contributed by atoms with E-state index >= 15 is 0 Å². The lowest BCUT2D eigenvalue weighted by molar-refractivity contribution is -0.124. The summed E-state index contributed by atoms with van der Waals surface area (Å²) in [5, 5.41) is 6.97. The van der Waals surface area contributed by atoms with Crippen molar-refractivity contribution >= 4 is 5.91 Å². The number of nitrogens with one attached hydrogen (secondary N) is 1. The van der Waals surface area contributed by atoms with Crippen molar-refractivity contribution in [1.29, 1.82) is 0 Å². The fraction of sp³-hybridized carbons (Fsp3) is 0.438. The van der Waals surface area contributed by atoms with E-state index in [1.54, 1.807) is 11.0 Å². The highest BCUT2D eigenvalue weighted by Crippen LogP contribution is 2.17. The second-order valence-corrected chi connectivity index (χ2v) is 5.64. The van der Waals surface area contributed by atoms with Crippen LogP contribution in [0.15, 0.2) is 36.9 Å². The molecule has 0 bridgehead atoms. The highest BCUT2D eigenvalue weighted by molar-refractivity contribution is 5.79. The van der Waals surface area contributed by atoms with E-state index in [1.807, 2.05) is 6.92 Å². The van der Waals surface area contributed by atoms with E-state index in [2.05, 4.69) is 44.6 Å². The standard InChI is InChI=1S/C16H21N5O/c1-13(21-12-17-11-19-21)16(22)18-7-9-20-8-6-14-4-2-3-5-15(14)10-20/h2-5,11-13H,6-10H2,1H3,(H,18,22)/t13-/m1/s1. The molecule has 0 spiro atoms. The van der Waals surface area contributed by atoms with Crippen LogP contribution in [0.3, 0.4) is 0 Å². The number of fused-ring (bicyclic) bond motifs is 1. The summed E-state index contributed by atoms with van der Waals surface area (Å²) in [6, 6.07) is 8.25. The van der Waals surface area contributed by atoms with Gasteiger partial charge in [0.25, 0.3) is 0 Å². The largest absolute Gasteiger partial charge is 0.353 e. The normalized spacial score (nSPS) is 16.0. The molecule has 1 aromatic carbocycles. The number of aromatic nitrogens is 3. The number of carbonyl (C=O) groups is 1. The van der Waals surface area contributed by atoms with Crippen molar-refractivity contribution in [2.45, 2.75) is 25.9 Å². The van der Waals surface area contributed by atoms with Crippen molar-refractivity contribution in [3.8, 4) is 0 Å². The van der Waals surface area contributed by atoms with E-state index < -0.39 is 0 Å². The third kappa shape index (κ3) is 3.33. The highest BCUT2D eigenvalue weighted by Gasteiger charge is 2.17. The van der Waals surface area contributed by atoms with E-state index in [1.165, 1.54) is 17.5 Å². The monoisotopic (exact) mass is 299 g/mol. The van der Waals surface area contributed by atoms with Crippen LogP contribution in [-0.4, -0.2) is 45.2 Å². The van der Waals surface area contributed by atoms with Crippen molar-refractivity contribution in [2.75, 3.05) is 19.6 Å². The highest BCUT2D eigenvalue weighted by atomic mass is 16.2. The molecule has 0 unspecified atom stereocenters. The Balaban J connectivity index is 1.45. The second kappa shape index (κ2) is 6.70. The van der Waals surface area contributed by atoms with Gasteiger partial charge >= 0.3 is 0 Å². The molecule has 0 fully saturated rings. The van der Waals surface area contributed by atoms with Crippen LogP contribution < -0.4 is 5.32 Å². The zero-order chi connectivity index (χ0) is 15.4. The van der Waals surface area contributed by atoms with E-state index in [-0.39, 0.29) is 11.9 Å². The van der Waals surface area contributed by atoms with Gasteiger partial charge in [-0.1, -0.05) is 24.3 Å². The van der Waals surface area contributed by atoms with E-state index in [9.17, 15) is 4.79 Å². The quantitative estimate of drug-likeness (QED) is 0.895. The lowest BCUT2D eigenvalue weighted by Gasteiger charge is -2.28. The van der Waals surface area contributed by atoms with E-state index in [0.29, 0.717) is 6.54 Å². The molecule has 1 aliphatic heterocycles. The van der Waals surface area contributed by atoms with E-state index in [4.69, 9.17) is 0 Å². The van der Waals surface area contributed by atoms with Crippen LogP contribution in [0.1, 0.15) is 24.1 Å². The Labute approximate surface area is 130 Å². The van der Waals surface area contributed by atoms with Crippen molar-refractivity contribution in [3.05, 3.63) is 48.0 Å². The third-order valence-corrected chi connectivity index (χ3v) is 4.15. The first kappa shape index (κ1) is 14.7. The van der Waals surface area contributed by atoms with Gasteiger partial charge in [-0.05, 0) is 24.5 Å². The molecule has 1 aromatic heterocycles. The molecule has 0 saturated carbocycles. The zero-order valence-corrected chi connectivity index (χ0v) is 12.8. The first-order valence-corrected chi connectivity index (χ1v) is 7.65. The van der Waals surface area contributed by atoms with Gasteiger partial charge in [-0.25, -0.2) is 9.67 Å². The van der Waals surface area contributed by atoms with Gasteiger partial charge in [0.15, 0.2) is 0 Å². The molecule has 6 nitrogen and oxygen atoms in total. The predicted molar refractivity (Wildman–Crippen MR) is 83.2 cm³/mol. The minimum atomic E-state index is -0.329. The second-order valence-electron chi connectivity index (χ2n) is 5.64. The molecule has 22 heavy (non-hydrogen) atoms. The van der Waals surface area contributed by atoms with Crippen molar-refractivity contribution in [2.24, 2.45) is 0 Å². The minimum absolute atomic E-state index is 0.0251. The Morgan fingerprint density at radius 3 is 2.95 bits per heavy atom. The fourth-order valence-corrected chi connectivity index (χ4v) is 2.77. The average Bonchev–Trinajstić information content (AvgIpc) is 3.08. The molecular formula is C16H21N5O. The molecule has 2 heterocycles. The number of hydrogen-bond acceptors (Lipinski definition) is 4. The van der Waals surface area contributed by atoms with Crippen molar-refractivity contribution < 1.29 is 4.79 Å². The molecule has 0 aliphatic carbocycles. The maximum Gasteiger partial charge on any atom is 0.244 e. The molecule has 1 atom stereocenters. The first-order valence-electron chi connectivity index (χ1n) is 7.65. The summed E-state index contributed by atoms with van der Waals surface area (Å²) in [7, 11) is 0. The molecule has 1 N–H and O–H groups in total. The molecule has 6 heteroatoms. The minimum Gasteiger partial charge on any atom is -0.353 e. The molecular weight excluding hydrogens is 278 g/mol. The van der Waals surface area contributed by atoms with Crippen LogP contribution in [0.2, 0.25) is 0 Å². The third-order valence-electron chi connectivity index (χ3n) is 4.15. The maximum atomic E-state index is 12.1. The molecule has 116 valence electrons. The Kier molecular flexibility index (Phi) is 4.48. The molecule has 0 radical (unpaired) electrons. The number of benzene rings is 1. The lowest BCUT2D eigenvalue weighted by Crippen LogP contribution is -2.39. The summed E-state index contributed by atoms with van der Waals surface area (Å²) in [5.74, 6) is -0.0251. The van der Waals surface area contributed by atoms with Crippen LogP contribution in [0.5, 0.6) is 0 Å². The number of carbonyl (C=O) groups excluding carboxylic acids is 1. The molecule has 0 saturated heterocycles. The van der Waals surface area contributed by atoms with Gasteiger partial charge in [-0.15, -0.1) is 0 Å². The summed E-state index contributed by atoms with van der Waals surface area (Å²) >= 11 is 0. The number of rotatable bonds is 5. The van der Waals surface area contributed by atoms with Crippen molar-refractivity contribution in [3.63, 3.8) is 0 Å². The van der Waals surface area contributed by atoms with Gasteiger partial charge in [-0.2, -0.15) is 5.10 Å². The van der Waals surface area contributed by atoms with E-state index in [0.717, 1.165) is 26.1 Å². The Hall–Kier alpha value is -2.21. The molecule has 3 rings (SSSR count). The number of hydrogen-bond donors (Lipinski definition) is 1. The Morgan fingerprint density at radius 1 is 1.36 bits per heavy atom. The molecule has 1 aliphatic rings. The van der Waals surface area contributed by atoms with Crippen LogP contribution in [-0.2, 0) is 17.8 Å². The summed E-state index contributed by atoms with van der Waals surface area (Å²) in [5.41, 5.74) is 2.85. The van der Waals surface area contributed by atoms with Gasteiger partial charge in [0.1, 0.15) is 18.7 Å². The summed E-state index contributed by atoms with van der Waals surface area (Å²) < 4.78 is 1.56. The smallest absolute Gasteiger partial charge is 0.244 e. The summed E-state index contributed by atoms with van der Waals surface area (Å²) in [4.78, 5) is 18.3. The maximum absolute atomic E-state index is 12.1. The fourth-order valence-electron chi connectivity index (χ4n) is 2.77. The van der Waals surface area contributed by atoms with Crippen LogP contribution in [0, 0.1) is 0 Å². The summed E-state index contributed by atoms with van der Waals surface area (Å²) in [6.07, 6.45) is 4.08. The van der Waals surface area contributed by atoms with Crippen molar-refractivity contribution in [1.82, 2.24) is 25.0 Å². The number of nitrogens with zero attached hydrogens (tertiary/aromatic N) is 4. The molecule has 1 amide bonds. The number of amides is 1. The lowest BCUT2D eigenvalue weighted by atomic mass is 10.00. The predicted octanol–water partition coefficient (Wildman–Crippen LogP) is 1.01. The van der Waals surface area contributed by atoms with Crippen LogP contribution >= 0.6 is 0 Å². The zero-order valence-electron chi connectivity index (χ0n) is 12.8. The van der Waals surface area contributed by atoms with Gasteiger partial charge in [0, 0.05) is 26.2 Å². The van der Waals surface area contributed by atoms with Gasteiger partial charge in [0.05, 0.1) is 0 Å². The average molecular weight is 299 g/mol. The summed E-state index contributed by atoms with van der Waals surface area (Å²) in [6.45, 7) is 5.35. The Bertz CT molecular complexity index is 625. The van der Waals surface area contributed by atoms with Crippen LogP contribution in [0.4, 0.5) is 0 Å². The van der Waals surface area contributed by atoms with Crippen LogP contribution in [0.25, 0.3) is 0 Å². The Morgan fingerprint density at radius 2 is 2.18 bits per heavy atom.